The molecule has 0 radical (unpaired) electrons. The molecule has 0 unspecified atom stereocenters. The second kappa shape index (κ2) is 3.65. The van der Waals surface area contributed by atoms with Crippen LogP contribution in [-0.2, 0) is 13.0 Å². The quantitative estimate of drug-likeness (QED) is 0.790. The fourth-order valence-corrected chi connectivity index (χ4v) is 1.54. The zero-order valence-electron chi connectivity index (χ0n) is 7.76. The smallest absolute Gasteiger partial charge is 0.164 e. The van der Waals surface area contributed by atoms with Crippen LogP contribution in [0, 0.1) is 17.6 Å². The first-order valence-electron chi connectivity index (χ1n) is 4.79. The maximum absolute atomic E-state index is 13.4. The number of halogens is 2. The molecule has 0 spiro atoms. The maximum Gasteiger partial charge on any atom is 0.164 e. The first-order valence-corrected chi connectivity index (χ1v) is 4.79. The van der Waals surface area contributed by atoms with Crippen molar-refractivity contribution in [2.45, 2.75) is 25.9 Å². The summed E-state index contributed by atoms with van der Waals surface area (Å²) >= 11 is 0. The minimum absolute atomic E-state index is 0.0297. The lowest BCUT2D eigenvalue weighted by molar-refractivity contribution is 0.273. The molecule has 1 aliphatic rings. The van der Waals surface area contributed by atoms with Crippen LogP contribution >= 0.6 is 0 Å². The van der Waals surface area contributed by atoms with Crippen molar-refractivity contribution in [3.05, 3.63) is 34.9 Å². The Morgan fingerprint density at radius 3 is 2.29 bits per heavy atom. The van der Waals surface area contributed by atoms with Gasteiger partial charge in [-0.1, -0.05) is 12.1 Å². The lowest BCUT2D eigenvalue weighted by atomic mass is 10.1. The van der Waals surface area contributed by atoms with Crippen LogP contribution in [0.4, 0.5) is 8.78 Å². The number of aliphatic hydroxyl groups excluding tert-OH is 1. The highest BCUT2D eigenvalue weighted by atomic mass is 19.2. The van der Waals surface area contributed by atoms with Gasteiger partial charge >= 0.3 is 0 Å². The van der Waals surface area contributed by atoms with E-state index >= 15 is 0 Å². The summed E-state index contributed by atoms with van der Waals surface area (Å²) in [5, 5.41) is 8.72. The van der Waals surface area contributed by atoms with E-state index in [1.54, 1.807) is 6.07 Å². The number of hydrogen-bond acceptors (Lipinski definition) is 1. The minimum atomic E-state index is -0.898. The molecule has 3 heteroatoms. The van der Waals surface area contributed by atoms with Crippen molar-refractivity contribution in [3.8, 4) is 0 Å². The first-order chi connectivity index (χ1) is 6.72. The van der Waals surface area contributed by atoms with Gasteiger partial charge in [0.05, 0.1) is 6.61 Å². The van der Waals surface area contributed by atoms with Gasteiger partial charge in [0.2, 0.25) is 0 Å². The molecule has 1 aromatic rings. The van der Waals surface area contributed by atoms with Crippen LogP contribution in [0.1, 0.15) is 24.0 Å². The Morgan fingerprint density at radius 1 is 1.14 bits per heavy atom. The molecule has 14 heavy (non-hydrogen) atoms. The molecular formula is C11H12F2O. The highest BCUT2D eigenvalue weighted by molar-refractivity contribution is 5.26. The van der Waals surface area contributed by atoms with E-state index in [9.17, 15) is 8.78 Å². The third-order valence-corrected chi connectivity index (χ3v) is 2.62. The number of rotatable bonds is 3. The van der Waals surface area contributed by atoms with Crippen molar-refractivity contribution < 1.29 is 13.9 Å². The predicted octanol–water partition coefficient (Wildman–Crippen LogP) is 2.41. The third-order valence-electron chi connectivity index (χ3n) is 2.62. The minimum Gasteiger partial charge on any atom is -0.392 e. The Kier molecular flexibility index (Phi) is 2.50. The van der Waals surface area contributed by atoms with Crippen LogP contribution in [0.5, 0.6) is 0 Å². The summed E-state index contributed by atoms with van der Waals surface area (Å²) in [6, 6.07) is 3.03. The van der Waals surface area contributed by atoms with E-state index in [-0.39, 0.29) is 5.56 Å². The molecule has 0 bridgehead atoms. The Bertz CT molecular complexity index is 345. The number of hydrogen-bond donors (Lipinski definition) is 1. The molecule has 1 aromatic carbocycles. The lowest BCUT2D eigenvalue weighted by Gasteiger charge is -2.05. The summed E-state index contributed by atoms with van der Waals surface area (Å²) in [6.07, 6.45) is 2.85. The third kappa shape index (κ3) is 1.77. The molecular weight excluding hydrogens is 186 g/mol. The van der Waals surface area contributed by atoms with Crippen molar-refractivity contribution in [2.75, 3.05) is 0 Å². The monoisotopic (exact) mass is 198 g/mol. The van der Waals surface area contributed by atoms with Crippen LogP contribution in [0.25, 0.3) is 0 Å². The molecule has 0 amide bonds. The second-order valence-electron chi connectivity index (χ2n) is 3.82. The molecule has 0 heterocycles. The van der Waals surface area contributed by atoms with Crippen LogP contribution < -0.4 is 0 Å². The fourth-order valence-electron chi connectivity index (χ4n) is 1.54. The standard InChI is InChI=1S/C11H12F2O/c12-10-8(5-7-1-2-7)3-4-9(6-14)11(10)13/h3-4,7,14H,1-2,5-6H2. The average molecular weight is 198 g/mol. The molecule has 1 saturated carbocycles. The van der Waals surface area contributed by atoms with E-state index in [4.69, 9.17) is 5.11 Å². The van der Waals surface area contributed by atoms with E-state index in [1.807, 2.05) is 0 Å². The largest absolute Gasteiger partial charge is 0.392 e. The lowest BCUT2D eigenvalue weighted by Crippen LogP contribution is -2.00. The van der Waals surface area contributed by atoms with Gasteiger partial charge in [-0.25, -0.2) is 8.78 Å². The van der Waals surface area contributed by atoms with Gasteiger partial charge in [0.1, 0.15) is 0 Å². The Labute approximate surface area is 81.4 Å². The summed E-state index contributed by atoms with van der Waals surface area (Å²) in [5.41, 5.74) is 0.462. The van der Waals surface area contributed by atoms with Gasteiger partial charge in [0.25, 0.3) is 0 Å². The normalized spacial score (nSPS) is 15.9. The molecule has 0 aliphatic heterocycles. The summed E-state index contributed by atoms with van der Waals surface area (Å²) in [7, 11) is 0. The van der Waals surface area contributed by atoms with E-state index in [2.05, 4.69) is 0 Å². The average Bonchev–Trinajstić information content (AvgIpc) is 2.97. The number of benzene rings is 1. The van der Waals surface area contributed by atoms with Crippen LogP contribution in [-0.4, -0.2) is 5.11 Å². The van der Waals surface area contributed by atoms with Crippen LogP contribution in [0.2, 0.25) is 0 Å². The van der Waals surface area contributed by atoms with Gasteiger partial charge in [0, 0.05) is 5.56 Å². The zero-order valence-corrected chi connectivity index (χ0v) is 7.76. The van der Waals surface area contributed by atoms with Crippen molar-refractivity contribution >= 4 is 0 Å². The van der Waals surface area contributed by atoms with Gasteiger partial charge in [-0.2, -0.15) is 0 Å². The summed E-state index contributed by atoms with van der Waals surface area (Å²) in [4.78, 5) is 0. The zero-order chi connectivity index (χ0) is 10.1. The topological polar surface area (TPSA) is 20.2 Å². The second-order valence-corrected chi connectivity index (χ2v) is 3.82. The summed E-state index contributed by atoms with van der Waals surface area (Å²) in [6.45, 7) is -0.452. The molecule has 0 atom stereocenters. The summed E-state index contributed by atoms with van der Waals surface area (Å²) in [5.74, 6) is -1.15. The molecule has 0 saturated heterocycles. The van der Waals surface area contributed by atoms with Crippen molar-refractivity contribution in [2.24, 2.45) is 5.92 Å². The molecule has 1 fully saturated rings. The highest BCUT2D eigenvalue weighted by Crippen LogP contribution is 2.33. The molecule has 1 aliphatic carbocycles. The fraction of sp³-hybridized carbons (Fsp3) is 0.455. The Hall–Kier alpha value is -0.960. The van der Waals surface area contributed by atoms with Gasteiger partial charge < -0.3 is 5.11 Å². The molecule has 1 N–H and O–H groups in total. The van der Waals surface area contributed by atoms with Gasteiger partial charge in [-0.15, -0.1) is 0 Å². The van der Waals surface area contributed by atoms with Gasteiger partial charge in [-0.05, 0) is 30.7 Å². The molecule has 76 valence electrons. The maximum atomic E-state index is 13.4. The highest BCUT2D eigenvalue weighted by Gasteiger charge is 2.24. The Morgan fingerprint density at radius 2 is 1.71 bits per heavy atom. The van der Waals surface area contributed by atoms with Crippen molar-refractivity contribution in [3.63, 3.8) is 0 Å². The predicted molar refractivity (Wildman–Crippen MR) is 48.7 cm³/mol. The van der Waals surface area contributed by atoms with E-state index in [1.165, 1.54) is 6.07 Å². The van der Waals surface area contributed by atoms with Crippen LogP contribution in [0.3, 0.4) is 0 Å². The van der Waals surface area contributed by atoms with Gasteiger partial charge in [-0.3, -0.25) is 0 Å². The molecule has 1 nitrogen and oxygen atoms in total. The van der Waals surface area contributed by atoms with E-state index in [0.29, 0.717) is 17.9 Å². The van der Waals surface area contributed by atoms with E-state index < -0.39 is 18.2 Å². The van der Waals surface area contributed by atoms with Gasteiger partial charge in [0.15, 0.2) is 11.6 Å². The Balaban J connectivity index is 2.27. The van der Waals surface area contributed by atoms with Crippen molar-refractivity contribution in [1.29, 1.82) is 0 Å². The molecule has 0 aromatic heterocycles. The first kappa shape index (κ1) is 9.59. The number of aliphatic hydroxyl groups is 1. The van der Waals surface area contributed by atoms with Crippen LogP contribution in [0.15, 0.2) is 12.1 Å². The molecule has 2 rings (SSSR count). The van der Waals surface area contributed by atoms with E-state index in [0.717, 1.165) is 12.8 Å². The van der Waals surface area contributed by atoms with Crippen molar-refractivity contribution in [1.82, 2.24) is 0 Å². The summed E-state index contributed by atoms with van der Waals surface area (Å²) < 4.78 is 26.5. The SMILES string of the molecule is OCc1ccc(CC2CC2)c(F)c1F.